The summed E-state index contributed by atoms with van der Waals surface area (Å²) in [6, 6.07) is 4.59. The molecule has 0 amide bonds. The molecule has 156 valence electrons. The summed E-state index contributed by atoms with van der Waals surface area (Å²) in [4.78, 5) is 4.80. The molecule has 1 saturated carbocycles. The first-order chi connectivity index (χ1) is 13.5. The summed E-state index contributed by atoms with van der Waals surface area (Å²) in [5, 5.41) is 0.683. The molecule has 1 aromatic heterocycles. The Kier molecular flexibility index (Phi) is 5.96. The van der Waals surface area contributed by atoms with Crippen LogP contribution in [0.4, 0.5) is 4.39 Å². The highest BCUT2D eigenvalue weighted by Gasteiger charge is 2.40. The number of ether oxygens (including phenoxy) is 1. The predicted octanol–water partition coefficient (Wildman–Crippen LogP) is 6.71. The lowest BCUT2D eigenvalue weighted by atomic mass is 10.0. The molecule has 2 aromatic rings. The highest BCUT2D eigenvalue weighted by molar-refractivity contribution is 6.74. The second kappa shape index (κ2) is 7.99. The van der Waals surface area contributed by atoms with E-state index in [1.807, 2.05) is 0 Å². The number of rotatable bonds is 5. The van der Waals surface area contributed by atoms with E-state index >= 15 is 0 Å². The number of halogens is 1. The Morgan fingerprint density at radius 1 is 1.24 bits per heavy atom. The highest BCUT2D eigenvalue weighted by Crippen LogP contribution is 2.42. The van der Waals surface area contributed by atoms with Gasteiger partial charge in [-0.1, -0.05) is 40.5 Å². The van der Waals surface area contributed by atoms with Gasteiger partial charge >= 0.3 is 0 Å². The number of hydrogen-bond acceptors (Lipinski definition) is 3. The van der Waals surface area contributed by atoms with Crippen LogP contribution in [0.2, 0.25) is 18.1 Å². The van der Waals surface area contributed by atoms with E-state index in [-0.39, 0.29) is 10.9 Å². The van der Waals surface area contributed by atoms with Crippen LogP contribution in [0.3, 0.4) is 0 Å². The maximum atomic E-state index is 14.1. The number of nitrogens with zero attached hydrogens (tertiary/aromatic N) is 1. The van der Waals surface area contributed by atoms with E-state index in [4.69, 9.17) is 14.1 Å². The van der Waals surface area contributed by atoms with E-state index in [2.05, 4.69) is 59.7 Å². The molecule has 1 aromatic carbocycles. The number of pyridine rings is 1. The lowest BCUT2D eigenvalue weighted by Crippen LogP contribution is -2.44. The molecule has 0 spiro atoms. The molecule has 0 aliphatic heterocycles. The van der Waals surface area contributed by atoms with Crippen LogP contribution < -0.4 is 9.16 Å². The van der Waals surface area contributed by atoms with Crippen LogP contribution in [0.25, 0.3) is 10.9 Å². The van der Waals surface area contributed by atoms with Crippen LogP contribution in [0, 0.1) is 29.7 Å². The van der Waals surface area contributed by atoms with Crippen molar-refractivity contribution >= 4 is 19.2 Å². The molecule has 29 heavy (non-hydrogen) atoms. The van der Waals surface area contributed by atoms with E-state index in [9.17, 15) is 4.39 Å². The number of aromatic nitrogens is 1. The van der Waals surface area contributed by atoms with Crippen molar-refractivity contribution in [3.63, 3.8) is 0 Å². The van der Waals surface area contributed by atoms with Crippen molar-refractivity contribution in [1.82, 2.24) is 4.98 Å². The lowest BCUT2D eigenvalue weighted by molar-refractivity contribution is 0.453. The van der Waals surface area contributed by atoms with Gasteiger partial charge in [0.05, 0.1) is 11.1 Å². The van der Waals surface area contributed by atoms with Crippen LogP contribution in [-0.2, 0) is 6.42 Å². The third-order valence-corrected chi connectivity index (χ3v) is 10.0. The molecule has 0 bridgehead atoms. The van der Waals surface area contributed by atoms with Crippen molar-refractivity contribution in [2.45, 2.75) is 72.0 Å². The van der Waals surface area contributed by atoms with Gasteiger partial charge in [-0.15, -0.1) is 0 Å². The van der Waals surface area contributed by atoms with Gasteiger partial charge in [0.1, 0.15) is 11.9 Å². The molecule has 0 radical (unpaired) electrons. The summed E-state index contributed by atoms with van der Waals surface area (Å²) in [6.45, 7) is 15.3. The molecule has 3 nitrogen and oxygen atoms in total. The van der Waals surface area contributed by atoms with Crippen molar-refractivity contribution in [2.75, 3.05) is 0 Å². The summed E-state index contributed by atoms with van der Waals surface area (Å²) in [5.41, 5.74) is 1.55. The molecule has 1 fully saturated rings. The van der Waals surface area contributed by atoms with Crippen molar-refractivity contribution in [2.24, 2.45) is 11.8 Å². The molecule has 0 unspecified atom stereocenters. The van der Waals surface area contributed by atoms with Gasteiger partial charge in [-0.2, -0.15) is 0 Å². The van der Waals surface area contributed by atoms with Crippen LogP contribution in [0.5, 0.6) is 11.6 Å². The van der Waals surface area contributed by atoms with E-state index in [0.29, 0.717) is 34.4 Å². The average Bonchev–Trinajstić information content (AvgIpc) is 3.40. The van der Waals surface area contributed by atoms with Gasteiger partial charge < -0.3 is 9.16 Å². The summed E-state index contributed by atoms with van der Waals surface area (Å²) >= 11 is 0. The maximum Gasteiger partial charge on any atom is 0.252 e. The van der Waals surface area contributed by atoms with Gasteiger partial charge in [0, 0.05) is 11.3 Å². The second-order valence-electron chi connectivity index (χ2n) is 9.97. The molecule has 0 saturated heterocycles. The fourth-order valence-corrected chi connectivity index (χ4v) is 3.76. The van der Waals surface area contributed by atoms with E-state index in [0.717, 1.165) is 24.8 Å². The predicted molar refractivity (Wildman–Crippen MR) is 119 cm³/mol. The van der Waals surface area contributed by atoms with Crippen LogP contribution in [0.1, 0.15) is 53.0 Å². The number of benzene rings is 1. The highest BCUT2D eigenvalue weighted by atomic mass is 28.4. The SMILES string of the molecule is CC(C)Cc1c(O[Si](C)(C)C(C)(C)C)nc2ccc(F)cc2c1OC#CC1CC1. The van der Waals surface area contributed by atoms with E-state index in [1.165, 1.54) is 12.1 Å². The summed E-state index contributed by atoms with van der Waals surface area (Å²) < 4.78 is 26.6. The summed E-state index contributed by atoms with van der Waals surface area (Å²) in [6.07, 6.45) is 5.84. The van der Waals surface area contributed by atoms with Gasteiger partial charge in [0.2, 0.25) is 5.88 Å². The van der Waals surface area contributed by atoms with Crippen molar-refractivity contribution < 1.29 is 13.6 Å². The Balaban J connectivity index is 2.18. The smallest absolute Gasteiger partial charge is 0.252 e. The van der Waals surface area contributed by atoms with Crippen LogP contribution >= 0.6 is 0 Å². The van der Waals surface area contributed by atoms with E-state index in [1.54, 1.807) is 6.07 Å². The normalized spacial score (nSPS) is 14.7. The Labute approximate surface area is 175 Å². The average molecular weight is 414 g/mol. The molecule has 0 atom stereocenters. The molecule has 0 N–H and O–H groups in total. The first kappa shape index (κ1) is 21.6. The summed E-state index contributed by atoms with van der Waals surface area (Å²) in [5.74, 6) is 4.81. The quantitative estimate of drug-likeness (QED) is 0.403. The molecule has 1 heterocycles. The van der Waals surface area contributed by atoms with Crippen molar-refractivity contribution in [3.05, 3.63) is 29.6 Å². The van der Waals surface area contributed by atoms with Crippen molar-refractivity contribution in [1.29, 1.82) is 0 Å². The molecule has 5 heteroatoms. The fraction of sp³-hybridized carbons (Fsp3) is 0.542. The summed E-state index contributed by atoms with van der Waals surface area (Å²) in [7, 11) is -2.12. The maximum absolute atomic E-state index is 14.1. The first-order valence-corrected chi connectivity index (χ1v) is 13.4. The molecular weight excluding hydrogens is 381 g/mol. The minimum atomic E-state index is -2.12. The monoisotopic (exact) mass is 413 g/mol. The molecule has 3 rings (SSSR count). The number of hydrogen-bond donors (Lipinski definition) is 0. The zero-order valence-corrected chi connectivity index (χ0v) is 19.6. The fourth-order valence-electron chi connectivity index (χ4n) is 2.80. The first-order valence-electron chi connectivity index (χ1n) is 10.5. The third-order valence-electron chi connectivity index (χ3n) is 5.72. The van der Waals surface area contributed by atoms with Crippen molar-refractivity contribution in [3.8, 4) is 23.7 Å². The Hall–Kier alpha value is -2.06. The topological polar surface area (TPSA) is 31.4 Å². The molecule has 1 aliphatic rings. The van der Waals surface area contributed by atoms with Gasteiger partial charge in [-0.25, -0.2) is 9.37 Å². The zero-order valence-electron chi connectivity index (χ0n) is 18.6. The van der Waals surface area contributed by atoms with E-state index < -0.39 is 8.32 Å². The Morgan fingerprint density at radius 2 is 1.93 bits per heavy atom. The third kappa shape index (κ3) is 5.11. The standard InChI is InChI=1S/C24H32FNO2Si/c1-16(2)14-20-22(27-13-12-17-8-9-17)19-15-18(25)10-11-21(19)26-23(20)28-29(6,7)24(3,4)5/h10-11,15-17H,8-9,14H2,1-7H3. The minimum Gasteiger partial charge on any atom is -0.530 e. The molecule has 1 aliphatic carbocycles. The Bertz CT molecular complexity index is 963. The van der Waals surface area contributed by atoms with Gasteiger partial charge in [0.15, 0.2) is 5.75 Å². The number of fused-ring (bicyclic) bond motifs is 1. The lowest BCUT2D eigenvalue weighted by Gasteiger charge is -2.36. The minimum absolute atomic E-state index is 0.0360. The van der Waals surface area contributed by atoms with Gasteiger partial charge in [-0.05, 0) is 61.5 Å². The largest absolute Gasteiger partial charge is 0.530 e. The Morgan fingerprint density at radius 3 is 2.52 bits per heavy atom. The van der Waals surface area contributed by atoms with Crippen LogP contribution in [-0.4, -0.2) is 13.3 Å². The second-order valence-corrected chi connectivity index (χ2v) is 14.7. The van der Waals surface area contributed by atoms with Gasteiger partial charge in [0.25, 0.3) is 8.32 Å². The molecular formula is C24H32FNO2Si. The van der Waals surface area contributed by atoms with Crippen LogP contribution in [0.15, 0.2) is 18.2 Å². The van der Waals surface area contributed by atoms with Gasteiger partial charge in [-0.3, -0.25) is 0 Å². The zero-order chi connectivity index (χ0) is 21.4.